The van der Waals surface area contributed by atoms with Crippen molar-refractivity contribution in [3.8, 4) is 0 Å². The van der Waals surface area contributed by atoms with Gasteiger partial charge in [0.1, 0.15) is 0 Å². The number of rotatable bonds is 3. The quantitative estimate of drug-likeness (QED) is 0.770. The number of hydrogen-bond donors (Lipinski definition) is 1. The first-order chi connectivity index (χ1) is 12.5. The van der Waals surface area contributed by atoms with Crippen LogP contribution in [0.15, 0.2) is 12.3 Å². The molecule has 1 aliphatic rings. The van der Waals surface area contributed by atoms with E-state index in [1.807, 2.05) is 0 Å². The van der Waals surface area contributed by atoms with Gasteiger partial charge in [-0.25, -0.2) is 0 Å². The van der Waals surface area contributed by atoms with Gasteiger partial charge in [-0.15, -0.1) is 0 Å². The van der Waals surface area contributed by atoms with Crippen LogP contribution in [0, 0.1) is 5.92 Å². The summed E-state index contributed by atoms with van der Waals surface area (Å²) in [5.41, 5.74) is -5.31. The maximum absolute atomic E-state index is 13.2. The molecule has 5 nitrogen and oxygen atoms in total. The number of aliphatic hydroxyl groups is 1. The average Bonchev–Trinajstić information content (AvgIpc) is 3.02. The Hall–Kier alpha value is -1.78. The van der Waals surface area contributed by atoms with Crippen LogP contribution in [0.3, 0.4) is 0 Å². The molecule has 1 fully saturated rings. The molecule has 1 aromatic rings. The summed E-state index contributed by atoms with van der Waals surface area (Å²) in [6.07, 6.45) is -8.17. The van der Waals surface area contributed by atoms with Crippen molar-refractivity contribution in [2.45, 2.75) is 63.5 Å². The van der Waals surface area contributed by atoms with Crippen molar-refractivity contribution in [3.05, 3.63) is 18.0 Å². The van der Waals surface area contributed by atoms with Gasteiger partial charge < -0.3 is 10.0 Å². The second-order valence-corrected chi connectivity index (χ2v) is 7.94. The first-order valence-corrected chi connectivity index (χ1v) is 8.71. The van der Waals surface area contributed by atoms with E-state index >= 15 is 0 Å². The van der Waals surface area contributed by atoms with Gasteiger partial charge in [-0.1, -0.05) is 6.92 Å². The summed E-state index contributed by atoms with van der Waals surface area (Å²) in [7, 11) is 0. The van der Waals surface area contributed by atoms with E-state index in [4.69, 9.17) is 0 Å². The van der Waals surface area contributed by atoms with E-state index in [-0.39, 0.29) is 31.3 Å². The molecular formula is C17H23F6N3O2. The summed E-state index contributed by atoms with van der Waals surface area (Å²) < 4.78 is 79.0. The SMILES string of the molecule is C[C@@H]1CN(C(=O)C(C)(O)C(F)(F)F)CC[C@@H]1c1ccn(C(C)(C)C(F)(F)F)n1. The third-order valence-electron chi connectivity index (χ3n) is 5.42. The number of aromatic nitrogens is 2. The molecule has 1 aromatic heterocycles. The Labute approximate surface area is 158 Å². The lowest BCUT2D eigenvalue weighted by molar-refractivity contribution is -0.250. The lowest BCUT2D eigenvalue weighted by atomic mass is 9.84. The van der Waals surface area contributed by atoms with Gasteiger partial charge in [0.2, 0.25) is 5.60 Å². The van der Waals surface area contributed by atoms with Crippen LogP contribution in [0.25, 0.3) is 0 Å². The number of piperidine rings is 1. The lowest BCUT2D eigenvalue weighted by Crippen LogP contribution is -2.58. The number of carbonyl (C=O) groups excluding carboxylic acids is 1. The maximum atomic E-state index is 13.2. The fourth-order valence-electron chi connectivity index (χ4n) is 3.18. The number of halogens is 6. The topological polar surface area (TPSA) is 58.4 Å². The number of hydrogen-bond acceptors (Lipinski definition) is 3. The molecular weight excluding hydrogens is 392 g/mol. The van der Waals surface area contributed by atoms with Gasteiger partial charge in [-0.05, 0) is 39.2 Å². The molecule has 0 radical (unpaired) electrons. The van der Waals surface area contributed by atoms with Gasteiger partial charge in [0.15, 0.2) is 5.54 Å². The Kier molecular flexibility index (Phi) is 5.57. The molecule has 2 heterocycles. The van der Waals surface area contributed by atoms with Gasteiger partial charge in [0.05, 0.1) is 5.69 Å². The molecule has 0 bridgehead atoms. The number of nitrogens with zero attached hydrogens (tertiary/aromatic N) is 3. The van der Waals surface area contributed by atoms with E-state index in [1.54, 1.807) is 6.92 Å². The highest BCUT2D eigenvalue weighted by Gasteiger charge is 2.57. The normalized spacial score (nSPS) is 24.2. The van der Waals surface area contributed by atoms with E-state index < -0.39 is 29.4 Å². The second kappa shape index (κ2) is 6.93. The molecule has 0 spiro atoms. The van der Waals surface area contributed by atoms with Crippen LogP contribution in [-0.4, -0.2) is 56.7 Å². The van der Waals surface area contributed by atoms with Crippen LogP contribution in [-0.2, 0) is 10.3 Å². The van der Waals surface area contributed by atoms with Gasteiger partial charge in [0.25, 0.3) is 5.91 Å². The van der Waals surface area contributed by atoms with Crippen LogP contribution >= 0.6 is 0 Å². The summed E-state index contributed by atoms with van der Waals surface area (Å²) in [6, 6.07) is 1.46. The molecule has 2 rings (SSSR count). The lowest BCUT2D eigenvalue weighted by Gasteiger charge is -2.39. The predicted octanol–water partition coefficient (Wildman–Crippen LogP) is 3.45. The average molecular weight is 415 g/mol. The zero-order chi connectivity index (χ0) is 21.7. The van der Waals surface area contributed by atoms with E-state index in [0.717, 1.165) is 23.4 Å². The standard InChI is InChI=1S/C17H23F6N3O2/c1-10-9-25(13(27)15(4,28)17(21,22)23)7-5-11(10)12-6-8-26(24-12)14(2,3)16(18,19)20/h6,8,10-11,28H,5,7,9H2,1-4H3/t10-,11+,15?/m1/s1. The highest BCUT2D eigenvalue weighted by Crippen LogP contribution is 2.39. The minimum Gasteiger partial charge on any atom is -0.373 e. The molecule has 0 aliphatic carbocycles. The Bertz CT molecular complexity index is 723. The van der Waals surface area contributed by atoms with Crippen molar-refractivity contribution in [2.75, 3.05) is 13.1 Å². The summed E-state index contributed by atoms with van der Waals surface area (Å²) in [5, 5.41) is 13.6. The number of alkyl halides is 6. The van der Waals surface area contributed by atoms with Gasteiger partial charge in [-0.2, -0.15) is 31.4 Å². The largest absolute Gasteiger partial charge is 0.426 e. The van der Waals surface area contributed by atoms with Crippen LogP contribution in [0.4, 0.5) is 26.3 Å². The summed E-state index contributed by atoms with van der Waals surface area (Å²) in [4.78, 5) is 13.0. The molecule has 1 amide bonds. The molecule has 0 saturated carbocycles. The molecule has 11 heteroatoms. The van der Waals surface area contributed by atoms with E-state index in [1.165, 1.54) is 12.3 Å². The Balaban J connectivity index is 2.15. The maximum Gasteiger partial charge on any atom is 0.426 e. The minimum absolute atomic E-state index is 0.0599. The molecule has 1 saturated heterocycles. The zero-order valence-electron chi connectivity index (χ0n) is 15.9. The van der Waals surface area contributed by atoms with Crippen molar-refractivity contribution in [1.29, 1.82) is 0 Å². The third kappa shape index (κ3) is 3.85. The highest BCUT2D eigenvalue weighted by atomic mass is 19.4. The van der Waals surface area contributed by atoms with Crippen molar-refractivity contribution in [2.24, 2.45) is 5.92 Å². The number of carbonyl (C=O) groups is 1. The van der Waals surface area contributed by atoms with Crippen molar-refractivity contribution >= 4 is 5.91 Å². The smallest absolute Gasteiger partial charge is 0.373 e. The van der Waals surface area contributed by atoms with Crippen LogP contribution in [0.2, 0.25) is 0 Å². The van der Waals surface area contributed by atoms with Crippen molar-refractivity contribution in [1.82, 2.24) is 14.7 Å². The first kappa shape index (κ1) is 22.5. The first-order valence-electron chi connectivity index (χ1n) is 8.71. The van der Waals surface area contributed by atoms with E-state index in [0.29, 0.717) is 12.6 Å². The molecule has 160 valence electrons. The molecule has 0 aromatic carbocycles. The third-order valence-corrected chi connectivity index (χ3v) is 5.42. The van der Waals surface area contributed by atoms with Gasteiger partial charge >= 0.3 is 12.4 Å². The number of likely N-dealkylation sites (tertiary alicyclic amines) is 1. The fraction of sp³-hybridized carbons (Fsp3) is 0.765. The second-order valence-electron chi connectivity index (χ2n) is 7.94. The van der Waals surface area contributed by atoms with Gasteiger partial charge in [0, 0.05) is 25.2 Å². The summed E-state index contributed by atoms with van der Waals surface area (Å²) in [5.74, 6) is -2.10. The Morgan fingerprint density at radius 1 is 1.14 bits per heavy atom. The fourth-order valence-corrected chi connectivity index (χ4v) is 3.18. The predicted molar refractivity (Wildman–Crippen MR) is 87.4 cm³/mol. The van der Waals surface area contributed by atoms with Gasteiger partial charge in [-0.3, -0.25) is 9.48 Å². The number of amides is 1. The Morgan fingerprint density at radius 2 is 1.71 bits per heavy atom. The van der Waals surface area contributed by atoms with E-state index in [2.05, 4.69) is 5.10 Å². The van der Waals surface area contributed by atoms with Crippen LogP contribution < -0.4 is 0 Å². The van der Waals surface area contributed by atoms with Crippen LogP contribution in [0.1, 0.15) is 45.7 Å². The molecule has 1 N–H and O–H groups in total. The van der Waals surface area contributed by atoms with Crippen LogP contribution in [0.5, 0.6) is 0 Å². The van der Waals surface area contributed by atoms with E-state index in [9.17, 15) is 36.2 Å². The molecule has 28 heavy (non-hydrogen) atoms. The highest BCUT2D eigenvalue weighted by molar-refractivity contribution is 5.85. The molecule has 1 aliphatic heterocycles. The minimum atomic E-state index is -5.11. The monoisotopic (exact) mass is 415 g/mol. The summed E-state index contributed by atoms with van der Waals surface area (Å²) >= 11 is 0. The van der Waals surface area contributed by atoms with Crippen molar-refractivity contribution < 1.29 is 36.2 Å². The van der Waals surface area contributed by atoms with Crippen molar-refractivity contribution in [3.63, 3.8) is 0 Å². The molecule has 3 atom stereocenters. The Morgan fingerprint density at radius 3 is 2.18 bits per heavy atom. The molecule has 1 unspecified atom stereocenters. The summed E-state index contributed by atoms with van der Waals surface area (Å²) in [6.45, 7) is 3.95. The zero-order valence-corrected chi connectivity index (χ0v) is 15.9.